The Morgan fingerprint density at radius 3 is 1.86 bits per heavy atom. The molecule has 0 fully saturated rings. The van der Waals surface area contributed by atoms with Crippen molar-refractivity contribution in [2.24, 2.45) is 0 Å². The number of thiazole rings is 1. The first-order valence-corrected chi connectivity index (χ1v) is 15.6. The average molecular weight is 703 g/mol. The molecule has 0 saturated carbocycles. The lowest BCUT2D eigenvalue weighted by molar-refractivity contribution is -0.131. The number of anilines is 1. The molecule has 0 spiro atoms. The van der Waals surface area contributed by atoms with Crippen LogP contribution < -0.4 is 21.7 Å². The Morgan fingerprint density at radius 1 is 0.694 bits per heavy atom. The van der Waals surface area contributed by atoms with E-state index in [9.17, 15) is 44.7 Å². The van der Waals surface area contributed by atoms with Crippen LogP contribution >= 0.6 is 22.7 Å². The second-order valence-corrected chi connectivity index (χ2v) is 12.0. The number of aromatic hydroxyl groups is 5. The first kappa shape index (κ1) is 33.9. The van der Waals surface area contributed by atoms with Crippen molar-refractivity contribution in [3.05, 3.63) is 111 Å². The van der Waals surface area contributed by atoms with E-state index in [4.69, 9.17) is 5.73 Å². The van der Waals surface area contributed by atoms with E-state index in [-0.39, 0.29) is 33.1 Å². The zero-order valence-corrected chi connectivity index (χ0v) is 26.3. The summed E-state index contributed by atoms with van der Waals surface area (Å²) in [5, 5.41) is 60.6. The molecule has 10 N–H and O–H groups in total. The van der Waals surface area contributed by atoms with Crippen molar-refractivity contribution in [3.8, 4) is 28.7 Å². The highest BCUT2D eigenvalue weighted by Gasteiger charge is 2.57. The van der Waals surface area contributed by atoms with Crippen molar-refractivity contribution in [2.45, 2.75) is 11.2 Å². The Hall–Kier alpha value is -6.46. The number of carbonyl (C=O) groups excluding carboxylic acids is 5. The van der Waals surface area contributed by atoms with Gasteiger partial charge in [-0.1, -0.05) is 0 Å². The SMILES string of the molecule is Nc1nc(C(NC(=O)c2ccc(O)cc2)(NC(=O)c2ccc(O)c(O)c2)C(=O)C([C]=O)(NC(=O)c2cc(O)cc(O)c2)c2ccsc2)cs1. The molecule has 49 heavy (non-hydrogen) atoms. The third-order valence-electron chi connectivity index (χ3n) is 7.13. The van der Waals surface area contributed by atoms with Gasteiger partial charge in [0.2, 0.25) is 17.7 Å². The van der Waals surface area contributed by atoms with E-state index in [1.54, 1.807) is 6.29 Å². The molecule has 2 unspecified atom stereocenters. The summed E-state index contributed by atoms with van der Waals surface area (Å²) >= 11 is 1.81. The number of nitrogens with one attached hydrogen (secondary N) is 3. The quantitative estimate of drug-likeness (QED) is 0.0546. The topological polar surface area (TPSA) is 261 Å². The van der Waals surface area contributed by atoms with Gasteiger partial charge in [-0.25, -0.2) is 4.98 Å². The van der Waals surface area contributed by atoms with E-state index in [0.29, 0.717) is 0 Å². The van der Waals surface area contributed by atoms with Gasteiger partial charge >= 0.3 is 0 Å². The number of carbonyl (C=O) groups is 4. The third-order valence-corrected chi connectivity index (χ3v) is 8.49. The van der Waals surface area contributed by atoms with Gasteiger partial charge in [0.15, 0.2) is 22.2 Å². The van der Waals surface area contributed by atoms with Gasteiger partial charge in [-0.15, -0.1) is 11.3 Å². The lowest BCUT2D eigenvalue weighted by Gasteiger charge is -2.39. The van der Waals surface area contributed by atoms with Gasteiger partial charge in [-0.05, 0) is 71.4 Å². The summed E-state index contributed by atoms with van der Waals surface area (Å²) in [6.07, 6.45) is 1.57. The molecular formula is C32H24N5O10S2. The van der Waals surface area contributed by atoms with E-state index in [2.05, 4.69) is 20.9 Å². The zero-order chi connectivity index (χ0) is 35.5. The number of nitrogens with zero attached hydrogens (tertiary/aromatic N) is 1. The van der Waals surface area contributed by atoms with Crippen LogP contribution in [0.3, 0.4) is 0 Å². The molecule has 2 aromatic heterocycles. The Bertz CT molecular complexity index is 2060. The van der Waals surface area contributed by atoms with Gasteiger partial charge in [-0.3, -0.25) is 24.0 Å². The summed E-state index contributed by atoms with van der Waals surface area (Å²) in [4.78, 5) is 73.9. The zero-order valence-electron chi connectivity index (χ0n) is 24.7. The monoisotopic (exact) mass is 702 g/mol. The molecule has 249 valence electrons. The molecule has 0 aliphatic rings. The minimum absolute atomic E-state index is 0.134. The molecule has 0 aliphatic heterocycles. The van der Waals surface area contributed by atoms with Crippen molar-refractivity contribution >= 4 is 57.6 Å². The molecular weight excluding hydrogens is 679 g/mol. The Kier molecular flexibility index (Phi) is 9.23. The largest absolute Gasteiger partial charge is 0.508 e. The lowest BCUT2D eigenvalue weighted by atomic mass is 9.79. The van der Waals surface area contributed by atoms with E-state index >= 15 is 4.79 Å². The average Bonchev–Trinajstić information content (AvgIpc) is 3.77. The number of Topliss-reactive ketones (excluding diaryl/α,β-unsaturated/α-hetero) is 1. The highest BCUT2D eigenvalue weighted by atomic mass is 32.1. The minimum atomic E-state index is -2.86. The molecule has 2 atom stereocenters. The maximum atomic E-state index is 15.2. The number of nitrogen functional groups attached to an aromatic ring is 1. The molecule has 3 amide bonds. The summed E-state index contributed by atoms with van der Waals surface area (Å²) in [6.45, 7) is 0. The van der Waals surface area contributed by atoms with Crippen molar-refractivity contribution in [2.75, 3.05) is 5.73 Å². The molecule has 2 heterocycles. The minimum Gasteiger partial charge on any atom is -0.508 e. The van der Waals surface area contributed by atoms with Crippen LogP contribution in [-0.4, -0.2) is 60.3 Å². The number of hydrogen-bond acceptors (Lipinski definition) is 14. The fourth-order valence-corrected chi connectivity index (χ4v) is 6.05. The number of phenolic OH excluding ortho intramolecular Hbond substituents is 5. The van der Waals surface area contributed by atoms with E-state index in [1.165, 1.54) is 46.5 Å². The van der Waals surface area contributed by atoms with Crippen LogP contribution in [0.5, 0.6) is 28.7 Å². The summed E-state index contributed by atoms with van der Waals surface area (Å²) in [6, 6.07) is 11.8. The second-order valence-electron chi connectivity index (χ2n) is 10.4. The van der Waals surface area contributed by atoms with E-state index < -0.39 is 63.4 Å². The Balaban J connectivity index is 1.74. The normalized spacial score (nSPS) is 13.3. The first-order chi connectivity index (χ1) is 23.3. The van der Waals surface area contributed by atoms with Crippen LogP contribution in [0.4, 0.5) is 5.13 Å². The number of hydrogen-bond donors (Lipinski definition) is 9. The summed E-state index contributed by atoms with van der Waals surface area (Å²) in [5.41, 5.74) is -1.21. The predicted octanol–water partition coefficient (Wildman–Crippen LogP) is 2.33. The van der Waals surface area contributed by atoms with Crippen LogP contribution in [0.2, 0.25) is 0 Å². The highest BCUT2D eigenvalue weighted by molar-refractivity contribution is 7.13. The lowest BCUT2D eigenvalue weighted by Crippen LogP contribution is -2.70. The molecule has 5 aromatic rings. The van der Waals surface area contributed by atoms with Gasteiger partial charge in [0.05, 0.1) is 0 Å². The van der Waals surface area contributed by atoms with Gasteiger partial charge < -0.3 is 47.2 Å². The summed E-state index contributed by atoms with van der Waals surface area (Å²) in [5.74, 6) is -7.29. The molecule has 0 saturated heterocycles. The van der Waals surface area contributed by atoms with Crippen molar-refractivity contribution in [3.63, 3.8) is 0 Å². The Morgan fingerprint density at radius 2 is 1.31 bits per heavy atom. The molecule has 0 aliphatic carbocycles. The number of aromatic nitrogens is 1. The number of rotatable bonds is 11. The number of phenols is 5. The van der Waals surface area contributed by atoms with E-state index in [0.717, 1.165) is 59.1 Å². The van der Waals surface area contributed by atoms with Gasteiger partial charge in [0, 0.05) is 33.7 Å². The fraction of sp³-hybridized carbons (Fsp3) is 0.0625. The summed E-state index contributed by atoms with van der Waals surface area (Å²) in [7, 11) is 0. The summed E-state index contributed by atoms with van der Waals surface area (Å²) < 4.78 is 0. The highest BCUT2D eigenvalue weighted by Crippen LogP contribution is 2.35. The molecule has 17 heteroatoms. The van der Waals surface area contributed by atoms with Crippen LogP contribution in [0.25, 0.3) is 0 Å². The maximum Gasteiger partial charge on any atom is 0.253 e. The van der Waals surface area contributed by atoms with E-state index in [1.807, 2.05) is 0 Å². The number of ketones is 1. The molecule has 15 nitrogen and oxygen atoms in total. The second kappa shape index (κ2) is 13.3. The number of thiophene rings is 1. The number of amides is 3. The van der Waals surface area contributed by atoms with Gasteiger partial charge in [0.25, 0.3) is 17.7 Å². The molecule has 5 rings (SSSR count). The van der Waals surface area contributed by atoms with Crippen LogP contribution in [0, 0.1) is 0 Å². The van der Waals surface area contributed by atoms with Gasteiger partial charge in [0.1, 0.15) is 22.9 Å². The molecule has 1 radical (unpaired) electrons. The first-order valence-electron chi connectivity index (χ1n) is 13.8. The molecule has 0 bridgehead atoms. The Labute approximate surface area is 283 Å². The van der Waals surface area contributed by atoms with Crippen LogP contribution in [0.1, 0.15) is 42.3 Å². The predicted molar refractivity (Wildman–Crippen MR) is 175 cm³/mol. The van der Waals surface area contributed by atoms with Crippen molar-refractivity contribution < 1.29 is 49.5 Å². The number of benzene rings is 3. The van der Waals surface area contributed by atoms with Crippen LogP contribution in [-0.2, 0) is 20.8 Å². The van der Waals surface area contributed by atoms with Crippen LogP contribution in [0.15, 0.2) is 82.9 Å². The standard InChI is InChI=1S/C32H24N5O10S2/c33-30-34-25(14-49-30)32(36-26(44)16-1-4-20(39)5-2-16,37-27(45)17-3-6-23(42)24(43)11-17)29(47)31(15-38,19-7-8-48-13-19)35-28(46)18-9-21(40)12-22(41)10-18/h1-14,39-43H,(H2,33,34)(H,35,46)(H,36,44)(H,37,45). The van der Waals surface area contributed by atoms with Gasteiger partial charge in [-0.2, -0.15) is 11.3 Å². The van der Waals surface area contributed by atoms with Crippen molar-refractivity contribution in [1.82, 2.24) is 20.9 Å². The fourth-order valence-electron chi connectivity index (χ4n) is 4.73. The number of nitrogens with two attached hydrogens (primary N) is 1. The third kappa shape index (κ3) is 6.69. The molecule has 3 aromatic carbocycles. The maximum absolute atomic E-state index is 15.2. The smallest absolute Gasteiger partial charge is 0.253 e. The van der Waals surface area contributed by atoms with Crippen molar-refractivity contribution in [1.29, 1.82) is 0 Å².